The normalized spacial score (nSPS) is 23.4. The number of fused-ring (bicyclic) bond motifs is 3. The monoisotopic (exact) mass is 216 g/mol. The maximum Gasteiger partial charge on any atom is 0.290 e. The molecular weight excluding hydrogens is 204 g/mol. The standard InChI is InChI=1S/C11H10N2.CH2O2/c12-5-7-1-2-11-10(3-7)9-4-8(9)6-13-11;2-1-3/h1-3,8-9,13H,4,6H2;1H,(H,2,3). The van der Waals surface area contributed by atoms with Crippen molar-refractivity contribution in [3.63, 3.8) is 0 Å². The maximum atomic E-state index is 8.77. The van der Waals surface area contributed by atoms with E-state index >= 15 is 0 Å². The fourth-order valence-corrected chi connectivity index (χ4v) is 2.20. The molecule has 2 N–H and O–H groups in total. The summed E-state index contributed by atoms with van der Waals surface area (Å²) in [5.74, 6) is 1.57. The second-order valence-electron chi connectivity index (χ2n) is 4.00. The molecule has 4 heteroatoms. The van der Waals surface area contributed by atoms with Crippen LogP contribution in [0.3, 0.4) is 0 Å². The third kappa shape index (κ3) is 1.84. The highest BCUT2D eigenvalue weighted by Crippen LogP contribution is 2.52. The van der Waals surface area contributed by atoms with Gasteiger partial charge in [0.2, 0.25) is 0 Å². The summed E-state index contributed by atoms with van der Waals surface area (Å²) in [5, 5.41) is 19.1. The lowest BCUT2D eigenvalue weighted by Crippen LogP contribution is -2.11. The highest BCUT2D eigenvalue weighted by molar-refractivity contribution is 5.60. The van der Waals surface area contributed by atoms with Crippen LogP contribution in [0.5, 0.6) is 0 Å². The van der Waals surface area contributed by atoms with E-state index < -0.39 is 0 Å². The minimum Gasteiger partial charge on any atom is -0.483 e. The summed E-state index contributed by atoms with van der Waals surface area (Å²) in [6.45, 7) is 0.865. The van der Waals surface area contributed by atoms with Gasteiger partial charge in [-0.3, -0.25) is 4.79 Å². The molecule has 82 valence electrons. The zero-order valence-electron chi connectivity index (χ0n) is 8.68. The van der Waals surface area contributed by atoms with Crippen molar-refractivity contribution in [2.24, 2.45) is 5.92 Å². The van der Waals surface area contributed by atoms with Gasteiger partial charge in [0, 0.05) is 12.2 Å². The summed E-state index contributed by atoms with van der Waals surface area (Å²) in [5.41, 5.74) is 3.38. The number of nitrogens with zero attached hydrogens (tertiary/aromatic N) is 1. The van der Waals surface area contributed by atoms with Crippen molar-refractivity contribution >= 4 is 12.2 Å². The van der Waals surface area contributed by atoms with Crippen LogP contribution in [0.2, 0.25) is 0 Å². The zero-order chi connectivity index (χ0) is 11.5. The fourth-order valence-electron chi connectivity index (χ4n) is 2.20. The zero-order valence-corrected chi connectivity index (χ0v) is 8.68. The molecule has 1 aromatic carbocycles. The van der Waals surface area contributed by atoms with Crippen LogP contribution in [0, 0.1) is 17.2 Å². The van der Waals surface area contributed by atoms with Gasteiger partial charge in [-0.15, -0.1) is 0 Å². The molecule has 3 rings (SSSR count). The Morgan fingerprint density at radius 1 is 1.56 bits per heavy atom. The number of nitriles is 1. The van der Waals surface area contributed by atoms with Crippen molar-refractivity contribution in [2.75, 3.05) is 11.9 Å². The van der Waals surface area contributed by atoms with Gasteiger partial charge in [-0.2, -0.15) is 5.26 Å². The number of hydrogen-bond acceptors (Lipinski definition) is 3. The van der Waals surface area contributed by atoms with Gasteiger partial charge in [-0.25, -0.2) is 0 Å². The summed E-state index contributed by atoms with van der Waals surface area (Å²) >= 11 is 0. The average Bonchev–Trinajstić information content (AvgIpc) is 3.09. The lowest BCUT2D eigenvalue weighted by atomic mass is 10.0. The topological polar surface area (TPSA) is 73.1 Å². The molecule has 1 aliphatic carbocycles. The summed E-state index contributed by atoms with van der Waals surface area (Å²) < 4.78 is 0. The van der Waals surface area contributed by atoms with Crippen LogP contribution in [0.25, 0.3) is 0 Å². The van der Waals surface area contributed by atoms with Crippen LogP contribution in [0.15, 0.2) is 18.2 Å². The molecule has 1 fully saturated rings. The Bertz CT molecular complexity index is 451. The van der Waals surface area contributed by atoms with Gasteiger partial charge >= 0.3 is 0 Å². The number of benzene rings is 1. The first-order valence-electron chi connectivity index (χ1n) is 5.16. The molecule has 16 heavy (non-hydrogen) atoms. The van der Waals surface area contributed by atoms with Gasteiger partial charge < -0.3 is 10.4 Å². The Balaban J connectivity index is 0.000000292. The van der Waals surface area contributed by atoms with Gasteiger partial charge in [-0.1, -0.05) is 0 Å². The van der Waals surface area contributed by atoms with Gasteiger partial charge in [0.15, 0.2) is 0 Å². The Kier molecular flexibility index (Phi) is 2.78. The van der Waals surface area contributed by atoms with E-state index in [0.717, 1.165) is 23.9 Å². The summed E-state index contributed by atoms with van der Waals surface area (Å²) in [7, 11) is 0. The second-order valence-corrected chi connectivity index (χ2v) is 4.00. The first-order chi connectivity index (χ1) is 7.80. The molecule has 1 aliphatic heterocycles. The summed E-state index contributed by atoms with van der Waals surface area (Å²) in [6.07, 6.45) is 1.30. The van der Waals surface area contributed by atoms with E-state index in [1.807, 2.05) is 18.2 Å². The van der Waals surface area contributed by atoms with Gasteiger partial charge in [0.25, 0.3) is 6.47 Å². The van der Waals surface area contributed by atoms with Crippen molar-refractivity contribution in [2.45, 2.75) is 12.3 Å². The quantitative estimate of drug-likeness (QED) is 0.648. The number of carboxylic acid groups (broad SMARTS) is 1. The highest BCUT2D eigenvalue weighted by Gasteiger charge is 2.42. The Morgan fingerprint density at radius 2 is 2.31 bits per heavy atom. The molecule has 2 atom stereocenters. The van der Waals surface area contributed by atoms with E-state index in [0.29, 0.717) is 0 Å². The molecule has 2 unspecified atom stereocenters. The lowest BCUT2D eigenvalue weighted by molar-refractivity contribution is -0.122. The van der Waals surface area contributed by atoms with Gasteiger partial charge in [0.05, 0.1) is 11.6 Å². The van der Waals surface area contributed by atoms with Crippen LogP contribution < -0.4 is 5.32 Å². The smallest absolute Gasteiger partial charge is 0.290 e. The third-order valence-electron chi connectivity index (χ3n) is 3.06. The van der Waals surface area contributed by atoms with E-state index in [1.54, 1.807) is 0 Å². The molecule has 0 aromatic heterocycles. The summed E-state index contributed by atoms with van der Waals surface area (Å²) in [4.78, 5) is 8.36. The van der Waals surface area contributed by atoms with Crippen molar-refractivity contribution < 1.29 is 9.90 Å². The van der Waals surface area contributed by atoms with Crippen LogP contribution in [-0.4, -0.2) is 18.1 Å². The third-order valence-corrected chi connectivity index (χ3v) is 3.06. The molecular formula is C12H12N2O2. The van der Waals surface area contributed by atoms with E-state index in [-0.39, 0.29) is 6.47 Å². The number of carbonyl (C=O) groups is 1. The maximum absolute atomic E-state index is 8.77. The van der Waals surface area contributed by atoms with Crippen molar-refractivity contribution in [1.82, 2.24) is 0 Å². The molecule has 1 saturated carbocycles. The molecule has 1 aromatic rings. The number of hydrogen-bond donors (Lipinski definition) is 2. The molecule has 1 heterocycles. The molecule has 0 bridgehead atoms. The number of nitrogens with one attached hydrogen (secondary N) is 1. The molecule has 0 radical (unpaired) electrons. The van der Waals surface area contributed by atoms with Crippen LogP contribution >= 0.6 is 0 Å². The highest BCUT2D eigenvalue weighted by atomic mass is 16.3. The summed E-state index contributed by atoms with van der Waals surface area (Å²) in [6, 6.07) is 8.14. The molecule has 0 amide bonds. The first kappa shape index (κ1) is 10.5. The molecule has 2 aliphatic rings. The van der Waals surface area contributed by atoms with Crippen LogP contribution in [-0.2, 0) is 4.79 Å². The fraction of sp³-hybridized carbons (Fsp3) is 0.333. The largest absolute Gasteiger partial charge is 0.483 e. The Labute approximate surface area is 93.5 Å². The van der Waals surface area contributed by atoms with Crippen molar-refractivity contribution in [3.05, 3.63) is 29.3 Å². The second kappa shape index (κ2) is 4.23. The minimum absolute atomic E-state index is 0.250. The van der Waals surface area contributed by atoms with E-state index in [1.165, 1.54) is 17.7 Å². The molecule has 0 spiro atoms. The van der Waals surface area contributed by atoms with Gasteiger partial charge in [-0.05, 0) is 42.0 Å². The van der Waals surface area contributed by atoms with Crippen LogP contribution in [0.1, 0.15) is 23.5 Å². The van der Waals surface area contributed by atoms with Crippen molar-refractivity contribution in [1.29, 1.82) is 5.26 Å². The van der Waals surface area contributed by atoms with E-state index in [4.69, 9.17) is 15.2 Å². The molecule has 4 nitrogen and oxygen atoms in total. The first-order valence-corrected chi connectivity index (χ1v) is 5.16. The van der Waals surface area contributed by atoms with E-state index in [2.05, 4.69) is 11.4 Å². The number of anilines is 1. The lowest BCUT2D eigenvalue weighted by Gasteiger charge is -2.16. The van der Waals surface area contributed by atoms with Gasteiger partial charge in [0.1, 0.15) is 0 Å². The average molecular weight is 216 g/mol. The Hall–Kier alpha value is -2.02. The molecule has 0 saturated heterocycles. The SMILES string of the molecule is N#Cc1ccc2c(c1)C1CC1CN2.O=CO. The predicted octanol–water partition coefficient (Wildman–Crippen LogP) is 1.79. The minimum atomic E-state index is -0.250. The van der Waals surface area contributed by atoms with Crippen molar-refractivity contribution in [3.8, 4) is 6.07 Å². The van der Waals surface area contributed by atoms with E-state index in [9.17, 15) is 0 Å². The predicted molar refractivity (Wildman–Crippen MR) is 59.2 cm³/mol. The Morgan fingerprint density at radius 3 is 3.00 bits per heavy atom. The van der Waals surface area contributed by atoms with Crippen LogP contribution in [0.4, 0.5) is 5.69 Å². The number of rotatable bonds is 0.